The van der Waals surface area contributed by atoms with Crippen LogP contribution in [0.15, 0.2) is 9.64 Å². The van der Waals surface area contributed by atoms with E-state index in [1.807, 2.05) is 13.8 Å². The highest BCUT2D eigenvalue weighted by Crippen LogP contribution is 2.26. The summed E-state index contributed by atoms with van der Waals surface area (Å²) in [5, 5.41) is 10.7. The minimum Gasteiger partial charge on any atom is -0.408 e. The first-order valence-electron chi connectivity index (χ1n) is 8.37. The van der Waals surface area contributed by atoms with Crippen LogP contribution in [0, 0.1) is 5.92 Å². The van der Waals surface area contributed by atoms with Gasteiger partial charge in [0.05, 0.1) is 11.6 Å². The fraction of sp³-hybridized carbons (Fsp3) is 0.750. The number of Topliss-reactive ketones (excluding diaryl/α,β-unsaturated/α-hetero) is 1. The van der Waals surface area contributed by atoms with Gasteiger partial charge in [-0.2, -0.15) is 0 Å². The van der Waals surface area contributed by atoms with Crippen LogP contribution in [0.2, 0.25) is 0 Å². The Kier molecular flexibility index (Phi) is 6.40. The molecule has 0 saturated heterocycles. The van der Waals surface area contributed by atoms with Crippen LogP contribution in [0.5, 0.6) is 0 Å². The molecule has 0 aliphatic heterocycles. The van der Waals surface area contributed by atoms with E-state index in [0.29, 0.717) is 24.5 Å². The summed E-state index contributed by atoms with van der Waals surface area (Å²) < 4.78 is 5.32. The lowest BCUT2D eigenvalue weighted by Gasteiger charge is -2.33. The average Bonchev–Trinajstić information content (AvgIpc) is 3.02. The third-order valence-electron chi connectivity index (χ3n) is 4.32. The number of rotatable bonds is 7. The zero-order valence-electron chi connectivity index (χ0n) is 14.5. The second-order valence-electron chi connectivity index (χ2n) is 6.81. The van der Waals surface area contributed by atoms with Crippen molar-refractivity contribution in [1.82, 2.24) is 15.5 Å². The van der Waals surface area contributed by atoms with Crippen molar-refractivity contribution in [2.45, 2.75) is 69.2 Å². The maximum absolute atomic E-state index is 12.7. The lowest BCUT2D eigenvalue weighted by Crippen LogP contribution is -2.58. The van der Waals surface area contributed by atoms with Crippen molar-refractivity contribution in [1.29, 1.82) is 0 Å². The molecule has 24 heavy (non-hydrogen) atoms. The molecule has 0 radical (unpaired) electrons. The molecule has 1 aliphatic carbocycles. The smallest absolute Gasteiger partial charge is 0.286 e. The molecule has 8 heteroatoms. The third kappa shape index (κ3) is 4.57. The maximum Gasteiger partial charge on any atom is 0.286 e. The summed E-state index contributed by atoms with van der Waals surface area (Å²) >= 11 is 1.27. The van der Waals surface area contributed by atoms with Crippen molar-refractivity contribution in [3.8, 4) is 0 Å². The zero-order valence-corrected chi connectivity index (χ0v) is 15.3. The Labute approximate surface area is 146 Å². The summed E-state index contributed by atoms with van der Waals surface area (Å²) in [5.41, 5.74) is 5.39. The SMILES string of the molecule is CSc1nnc(C(=O)[C@H](CC(C)C)NC(=O)C2(N)CCCCC2)o1. The summed E-state index contributed by atoms with van der Waals surface area (Å²) in [5.74, 6) is -0.461. The van der Waals surface area contributed by atoms with Gasteiger partial charge in [-0.05, 0) is 31.4 Å². The first kappa shape index (κ1) is 18.9. The van der Waals surface area contributed by atoms with Crippen LogP contribution in [0.25, 0.3) is 0 Å². The lowest BCUT2D eigenvalue weighted by atomic mass is 9.81. The molecule has 1 atom stereocenters. The molecule has 3 N–H and O–H groups in total. The van der Waals surface area contributed by atoms with Crippen LogP contribution in [-0.2, 0) is 4.79 Å². The molecule has 1 saturated carbocycles. The monoisotopic (exact) mass is 354 g/mol. The molecule has 0 spiro atoms. The number of thioether (sulfide) groups is 1. The molecule has 0 bridgehead atoms. The highest BCUT2D eigenvalue weighted by Gasteiger charge is 2.38. The number of aromatic nitrogens is 2. The Hall–Kier alpha value is -1.41. The predicted molar refractivity (Wildman–Crippen MR) is 91.8 cm³/mol. The molecular formula is C16H26N4O3S. The average molecular weight is 354 g/mol. The molecule has 134 valence electrons. The number of nitrogens with two attached hydrogens (primary N) is 1. The molecule has 1 aromatic heterocycles. The Morgan fingerprint density at radius 3 is 2.50 bits per heavy atom. The van der Waals surface area contributed by atoms with Gasteiger partial charge < -0.3 is 15.5 Å². The molecule has 1 amide bonds. The number of carbonyl (C=O) groups is 2. The van der Waals surface area contributed by atoms with Crippen molar-refractivity contribution in [3.63, 3.8) is 0 Å². The zero-order chi connectivity index (χ0) is 17.7. The number of hydrogen-bond acceptors (Lipinski definition) is 7. The summed E-state index contributed by atoms with van der Waals surface area (Å²) in [6, 6.07) is -0.699. The van der Waals surface area contributed by atoms with E-state index in [2.05, 4.69) is 15.5 Å². The van der Waals surface area contributed by atoms with E-state index in [4.69, 9.17) is 10.2 Å². The Bertz CT molecular complexity index is 582. The largest absolute Gasteiger partial charge is 0.408 e. The Morgan fingerprint density at radius 1 is 1.29 bits per heavy atom. The molecule has 1 heterocycles. The number of hydrogen-bond donors (Lipinski definition) is 2. The quantitative estimate of drug-likeness (QED) is 0.570. The number of ketones is 1. The van der Waals surface area contributed by atoms with Crippen LogP contribution in [0.4, 0.5) is 0 Å². The summed E-state index contributed by atoms with van der Waals surface area (Å²) in [4.78, 5) is 25.3. The number of amides is 1. The van der Waals surface area contributed by atoms with Crippen LogP contribution in [0.3, 0.4) is 0 Å². The van der Waals surface area contributed by atoms with Crippen molar-refractivity contribution in [3.05, 3.63) is 5.89 Å². The number of nitrogens with zero attached hydrogens (tertiary/aromatic N) is 2. The fourth-order valence-electron chi connectivity index (χ4n) is 2.96. The van der Waals surface area contributed by atoms with Crippen LogP contribution >= 0.6 is 11.8 Å². The molecule has 7 nitrogen and oxygen atoms in total. The van der Waals surface area contributed by atoms with Crippen molar-refractivity contribution in [2.75, 3.05) is 6.26 Å². The molecule has 2 rings (SSSR count). The van der Waals surface area contributed by atoms with Gasteiger partial charge in [0.2, 0.25) is 11.7 Å². The Balaban J connectivity index is 2.12. The number of carbonyl (C=O) groups excluding carboxylic acids is 2. The van der Waals surface area contributed by atoms with Crippen molar-refractivity contribution in [2.24, 2.45) is 11.7 Å². The fourth-order valence-corrected chi connectivity index (χ4v) is 3.24. The van der Waals surface area contributed by atoms with Gasteiger partial charge in [-0.25, -0.2) is 0 Å². The highest BCUT2D eigenvalue weighted by molar-refractivity contribution is 7.98. The summed E-state index contributed by atoms with van der Waals surface area (Å²) in [7, 11) is 0. The predicted octanol–water partition coefficient (Wildman–Crippen LogP) is 2.17. The first-order valence-corrected chi connectivity index (χ1v) is 9.60. The summed E-state index contributed by atoms with van der Waals surface area (Å²) in [6.07, 6.45) is 6.56. The van der Waals surface area contributed by atoms with E-state index >= 15 is 0 Å². The highest BCUT2D eigenvalue weighted by atomic mass is 32.2. The van der Waals surface area contributed by atoms with Gasteiger partial charge in [0, 0.05) is 0 Å². The summed E-state index contributed by atoms with van der Waals surface area (Å²) in [6.45, 7) is 3.98. The van der Waals surface area contributed by atoms with Gasteiger partial charge in [-0.15, -0.1) is 10.2 Å². The molecule has 1 aromatic rings. The van der Waals surface area contributed by atoms with E-state index in [1.54, 1.807) is 6.26 Å². The maximum atomic E-state index is 12.7. The van der Waals surface area contributed by atoms with Gasteiger partial charge in [-0.1, -0.05) is 44.9 Å². The van der Waals surface area contributed by atoms with E-state index < -0.39 is 11.6 Å². The first-order chi connectivity index (χ1) is 11.4. The third-order valence-corrected chi connectivity index (χ3v) is 4.83. The molecule has 0 aromatic carbocycles. The second-order valence-corrected chi connectivity index (χ2v) is 7.57. The normalized spacial score (nSPS) is 18.4. The molecular weight excluding hydrogens is 328 g/mol. The molecule has 1 aliphatic rings. The Morgan fingerprint density at radius 2 is 1.96 bits per heavy atom. The number of nitrogens with one attached hydrogen (secondary N) is 1. The lowest BCUT2D eigenvalue weighted by molar-refractivity contribution is -0.128. The minimum absolute atomic E-state index is 0.0694. The van der Waals surface area contributed by atoms with Gasteiger partial charge in [-0.3, -0.25) is 9.59 Å². The van der Waals surface area contributed by atoms with Crippen LogP contribution < -0.4 is 11.1 Å². The van der Waals surface area contributed by atoms with Gasteiger partial charge in [0.15, 0.2) is 0 Å². The van der Waals surface area contributed by atoms with Crippen LogP contribution in [-0.4, -0.2) is 39.7 Å². The van der Waals surface area contributed by atoms with E-state index in [-0.39, 0.29) is 23.5 Å². The van der Waals surface area contributed by atoms with Crippen molar-refractivity contribution >= 4 is 23.5 Å². The van der Waals surface area contributed by atoms with Crippen LogP contribution in [0.1, 0.15) is 63.1 Å². The molecule has 0 unspecified atom stereocenters. The topological polar surface area (TPSA) is 111 Å². The van der Waals surface area contributed by atoms with Gasteiger partial charge in [0.25, 0.3) is 11.1 Å². The van der Waals surface area contributed by atoms with Crippen molar-refractivity contribution < 1.29 is 14.0 Å². The van der Waals surface area contributed by atoms with E-state index in [1.165, 1.54) is 11.8 Å². The van der Waals surface area contributed by atoms with Gasteiger partial charge >= 0.3 is 0 Å². The minimum atomic E-state index is -0.882. The van der Waals surface area contributed by atoms with Gasteiger partial charge in [0.1, 0.15) is 0 Å². The molecule has 1 fully saturated rings. The standard InChI is InChI=1S/C16H26N4O3S/c1-10(2)9-11(12(21)13-19-20-15(23-13)24-3)18-14(22)16(17)7-5-4-6-8-16/h10-11H,4-9,17H2,1-3H3,(H,18,22)/t11-/m0/s1. The van der Waals surface area contributed by atoms with E-state index in [9.17, 15) is 9.59 Å². The van der Waals surface area contributed by atoms with E-state index in [0.717, 1.165) is 19.3 Å². The second kappa shape index (κ2) is 8.11.